The lowest BCUT2D eigenvalue weighted by Crippen LogP contribution is -2.48. The summed E-state index contributed by atoms with van der Waals surface area (Å²) in [6.45, 7) is 8.61. The van der Waals surface area contributed by atoms with Crippen LogP contribution in [0.1, 0.15) is 46.0 Å². The van der Waals surface area contributed by atoms with Gasteiger partial charge in [0, 0.05) is 18.6 Å². The first-order valence-electron chi connectivity index (χ1n) is 6.75. The van der Waals surface area contributed by atoms with Crippen LogP contribution in [0.5, 0.6) is 0 Å². The van der Waals surface area contributed by atoms with E-state index in [1.165, 1.54) is 51.7 Å². The Labute approximate surface area is 94.4 Å². The number of nitrogens with zero attached hydrogens (tertiary/aromatic N) is 1. The van der Waals surface area contributed by atoms with Crippen molar-refractivity contribution < 1.29 is 0 Å². The molecule has 1 heterocycles. The van der Waals surface area contributed by atoms with E-state index in [4.69, 9.17) is 0 Å². The van der Waals surface area contributed by atoms with E-state index in [0.29, 0.717) is 0 Å². The smallest absolute Gasteiger partial charge is 0.0243 e. The summed E-state index contributed by atoms with van der Waals surface area (Å²) in [5.74, 6) is 0.786. The van der Waals surface area contributed by atoms with Crippen LogP contribution in [0.3, 0.4) is 0 Å². The minimum absolute atomic E-state index is 0.769. The van der Waals surface area contributed by atoms with Crippen LogP contribution in [-0.4, -0.2) is 36.6 Å². The summed E-state index contributed by atoms with van der Waals surface area (Å²) < 4.78 is 0. The SMILES string of the molecule is CC(C)C(CNC1CC1)N1CCCCC1. The highest BCUT2D eigenvalue weighted by atomic mass is 15.2. The molecule has 2 heteroatoms. The fourth-order valence-corrected chi connectivity index (χ4v) is 2.61. The molecule has 1 unspecified atom stereocenters. The largest absolute Gasteiger partial charge is 0.312 e. The molecule has 1 aliphatic carbocycles. The molecule has 1 saturated carbocycles. The highest BCUT2D eigenvalue weighted by Gasteiger charge is 2.26. The summed E-state index contributed by atoms with van der Waals surface area (Å²) in [5, 5.41) is 3.69. The van der Waals surface area contributed by atoms with Crippen molar-refractivity contribution in [3.05, 3.63) is 0 Å². The second-order valence-electron chi connectivity index (χ2n) is 5.59. The molecule has 0 aromatic carbocycles. The Hall–Kier alpha value is -0.0800. The molecule has 1 atom stereocenters. The molecular formula is C13H26N2. The van der Waals surface area contributed by atoms with E-state index in [-0.39, 0.29) is 0 Å². The zero-order chi connectivity index (χ0) is 10.7. The Balaban J connectivity index is 1.79. The van der Waals surface area contributed by atoms with Crippen LogP contribution >= 0.6 is 0 Å². The number of hydrogen-bond acceptors (Lipinski definition) is 2. The zero-order valence-corrected chi connectivity index (χ0v) is 10.3. The maximum Gasteiger partial charge on any atom is 0.0243 e. The molecule has 2 fully saturated rings. The average Bonchev–Trinajstić information content (AvgIpc) is 3.03. The predicted octanol–water partition coefficient (Wildman–Crippen LogP) is 2.25. The molecule has 1 saturated heterocycles. The zero-order valence-electron chi connectivity index (χ0n) is 10.3. The number of piperidine rings is 1. The van der Waals surface area contributed by atoms with Crippen molar-refractivity contribution in [1.29, 1.82) is 0 Å². The van der Waals surface area contributed by atoms with E-state index in [1.807, 2.05) is 0 Å². The second-order valence-corrected chi connectivity index (χ2v) is 5.59. The predicted molar refractivity (Wildman–Crippen MR) is 65.1 cm³/mol. The van der Waals surface area contributed by atoms with Crippen LogP contribution in [0.4, 0.5) is 0 Å². The first-order valence-corrected chi connectivity index (χ1v) is 6.75. The lowest BCUT2D eigenvalue weighted by atomic mass is 9.99. The third kappa shape index (κ3) is 3.46. The van der Waals surface area contributed by atoms with Gasteiger partial charge in [0.2, 0.25) is 0 Å². The molecule has 2 nitrogen and oxygen atoms in total. The molecule has 0 aromatic rings. The molecule has 0 bridgehead atoms. The normalized spacial score (nSPS) is 25.8. The van der Waals surface area contributed by atoms with Gasteiger partial charge >= 0.3 is 0 Å². The van der Waals surface area contributed by atoms with Gasteiger partial charge in [0.1, 0.15) is 0 Å². The first kappa shape index (κ1) is 11.4. The minimum atomic E-state index is 0.769. The third-order valence-corrected chi connectivity index (χ3v) is 3.82. The minimum Gasteiger partial charge on any atom is -0.312 e. The second kappa shape index (κ2) is 5.31. The van der Waals surface area contributed by atoms with Gasteiger partial charge in [0.05, 0.1) is 0 Å². The standard InChI is InChI=1S/C13H26N2/c1-11(2)13(10-14-12-6-7-12)15-8-4-3-5-9-15/h11-14H,3-10H2,1-2H3. The fraction of sp³-hybridized carbons (Fsp3) is 1.00. The van der Waals surface area contributed by atoms with E-state index >= 15 is 0 Å². The molecule has 0 amide bonds. The van der Waals surface area contributed by atoms with Gasteiger partial charge in [-0.3, -0.25) is 4.90 Å². The maximum absolute atomic E-state index is 3.69. The molecule has 0 spiro atoms. The van der Waals surface area contributed by atoms with Crippen LogP contribution in [0, 0.1) is 5.92 Å². The van der Waals surface area contributed by atoms with Gasteiger partial charge in [-0.05, 0) is 44.7 Å². The molecule has 15 heavy (non-hydrogen) atoms. The van der Waals surface area contributed by atoms with E-state index in [1.54, 1.807) is 0 Å². The Morgan fingerprint density at radius 3 is 2.33 bits per heavy atom. The summed E-state index contributed by atoms with van der Waals surface area (Å²) in [4.78, 5) is 2.71. The summed E-state index contributed by atoms with van der Waals surface area (Å²) >= 11 is 0. The van der Waals surface area contributed by atoms with Gasteiger partial charge in [-0.2, -0.15) is 0 Å². The van der Waals surface area contributed by atoms with Crippen LogP contribution in [-0.2, 0) is 0 Å². The van der Waals surface area contributed by atoms with Crippen molar-refractivity contribution >= 4 is 0 Å². The van der Waals surface area contributed by atoms with Crippen molar-refractivity contribution in [1.82, 2.24) is 10.2 Å². The summed E-state index contributed by atoms with van der Waals surface area (Å²) in [6, 6.07) is 1.63. The third-order valence-electron chi connectivity index (χ3n) is 3.82. The number of rotatable bonds is 5. The van der Waals surface area contributed by atoms with Crippen LogP contribution in [0.15, 0.2) is 0 Å². The van der Waals surface area contributed by atoms with Gasteiger partial charge < -0.3 is 5.32 Å². The van der Waals surface area contributed by atoms with Crippen molar-refractivity contribution in [2.24, 2.45) is 5.92 Å². The van der Waals surface area contributed by atoms with E-state index in [2.05, 4.69) is 24.1 Å². The number of hydrogen-bond donors (Lipinski definition) is 1. The van der Waals surface area contributed by atoms with Gasteiger partial charge in [-0.25, -0.2) is 0 Å². The van der Waals surface area contributed by atoms with Crippen LogP contribution in [0.25, 0.3) is 0 Å². The molecule has 0 aromatic heterocycles. The monoisotopic (exact) mass is 210 g/mol. The average molecular weight is 210 g/mol. The van der Waals surface area contributed by atoms with E-state index < -0.39 is 0 Å². The van der Waals surface area contributed by atoms with Crippen molar-refractivity contribution in [2.75, 3.05) is 19.6 Å². The quantitative estimate of drug-likeness (QED) is 0.749. The molecule has 88 valence electrons. The first-order chi connectivity index (χ1) is 7.27. The van der Waals surface area contributed by atoms with E-state index in [0.717, 1.165) is 18.0 Å². The van der Waals surface area contributed by atoms with Gasteiger partial charge in [-0.1, -0.05) is 20.3 Å². The van der Waals surface area contributed by atoms with Crippen LogP contribution in [0.2, 0.25) is 0 Å². The highest BCUT2D eigenvalue weighted by molar-refractivity contribution is 4.86. The van der Waals surface area contributed by atoms with Crippen molar-refractivity contribution in [3.8, 4) is 0 Å². The lowest BCUT2D eigenvalue weighted by molar-refractivity contribution is 0.126. The fourth-order valence-electron chi connectivity index (χ4n) is 2.61. The van der Waals surface area contributed by atoms with Gasteiger partial charge in [0.25, 0.3) is 0 Å². The summed E-state index contributed by atoms with van der Waals surface area (Å²) in [7, 11) is 0. The maximum atomic E-state index is 3.69. The number of likely N-dealkylation sites (tertiary alicyclic amines) is 1. The molecular weight excluding hydrogens is 184 g/mol. The lowest BCUT2D eigenvalue weighted by Gasteiger charge is -2.37. The summed E-state index contributed by atoms with van der Waals surface area (Å²) in [6.07, 6.45) is 7.08. The molecule has 2 aliphatic rings. The highest BCUT2D eigenvalue weighted by Crippen LogP contribution is 2.21. The van der Waals surface area contributed by atoms with Gasteiger partial charge in [-0.15, -0.1) is 0 Å². The Morgan fingerprint density at radius 2 is 1.80 bits per heavy atom. The topological polar surface area (TPSA) is 15.3 Å². The molecule has 2 rings (SSSR count). The molecule has 1 N–H and O–H groups in total. The summed E-state index contributed by atoms with van der Waals surface area (Å²) in [5.41, 5.74) is 0. The molecule has 0 radical (unpaired) electrons. The Kier molecular flexibility index (Phi) is 4.04. The van der Waals surface area contributed by atoms with E-state index in [9.17, 15) is 0 Å². The molecule has 1 aliphatic heterocycles. The van der Waals surface area contributed by atoms with Crippen molar-refractivity contribution in [3.63, 3.8) is 0 Å². The van der Waals surface area contributed by atoms with Crippen LogP contribution < -0.4 is 5.32 Å². The van der Waals surface area contributed by atoms with Gasteiger partial charge in [0.15, 0.2) is 0 Å². The Bertz CT molecular complexity index is 181. The van der Waals surface area contributed by atoms with Crippen molar-refractivity contribution in [2.45, 2.75) is 58.0 Å². The Morgan fingerprint density at radius 1 is 1.13 bits per heavy atom. The number of nitrogens with one attached hydrogen (secondary N) is 1.